The third-order valence-electron chi connectivity index (χ3n) is 4.06. The molecule has 1 aromatic rings. The van der Waals surface area contributed by atoms with E-state index in [4.69, 9.17) is 21.8 Å². The highest BCUT2D eigenvalue weighted by molar-refractivity contribution is 6.27. The second-order valence-electron chi connectivity index (χ2n) is 8.24. The average Bonchev–Trinajstić information content (AvgIpc) is 2.97. The van der Waals surface area contributed by atoms with Crippen molar-refractivity contribution in [2.75, 3.05) is 12.9 Å². The minimum atomic E-state index is -1.23. The molecule has 0 unspecified atom stereocenters. The molecule has 0 amide bonds. The van der Waals surface area contributed by atoms with Crippen LogP contribution >= 0.6 is 11.6 Å². The number of rotatable bonds is 5. The Balaban J connectivity index is -0.000000437. The van der Waals surface area contributed by atoms with E-state index in [1.807, 2.05) is 27.7 Å². The van der Waals surface area contributed by atoms with Crippen molar-refractivity contribution in [3.63, 3.8) is 0 Å². The quantitative estimate of drug-likeness (QED) is 0.565. The number of carbonyl (C=O) groups is 4. The van der Waals surface area contributed by atoms with Gasteiger partial charge in [-0.15, -0.1) is 11.6 Å². The van der Waals surface area contributed by atoms with Crippen molar-refractivity contribution in [3.05, 3.63) is 23.0 Å². The molecule has 0 fully saturated rings. The summed E-state index contributed by atoms with van der Waals surface area (Å²) in [5, 5.41) is 18.2. The summed E-state index contributed by atoms with van der Waals surface area (Å²) in [6.45, 7) is 13.8. The number of halogens is 1. The molecule has 0 saturated heterocycles. The summed E-state index contributed by atoms with van der Waals surface area (Å²) in [7, 11) is 3.15. The number of aromatic carboxylic acids is 1. The lowest BCUT2D eigenvalue weighted by atomic mass is 9.86. The summed E-state index contributed by atoms with van der Waals surface area (Å²) in [5.74, 6) is -1.65. The molecule has 180 valence electrons. The van der Waals surface area contributed by atoms with Gasteiger partial charge in [0, 0.05) is 30.8 Å². The molecule has 8 nitrogen and oxygen atoms in total. The zero-order valence-electron chi connectivity index (χ0n) is 20.4. The van der Waals surface area contributed by atoms with E-state index in [1.54, 1.807) is 24.7 Å². The first-order valence-corrected chi connectivity index (χ1v) is 10.3. The monoisotopic (exact) mass is 462 g/mol. The van der Waals surface area contributed by atoms with E-state index < -0.39 is 17.4 Å². The first-order valence-electron chi connectivity index (χ1n) is 9.74. The fourth-order valence-corrected chi connectivity index (χ4v) is 2.44. The van der Waals surface area contributed by atoms with Gasteiger partial charge < -0.3 is 20.5 Å². The SMILES string of the molecule is CC(=O)CCl.CCC(=O)C(C)(C)C.CN.Cc1cn(C)c(C(C)(C)C(=O)O)c1C(=O)O. The number of Topliss-reactive ketones (excluding diaryl/α,β-unsaturated/α-hetero) is 2. The van der Waals surface area contributed by atoms with E-state index in [0.717, 1.165) is 0 Å². The number of nitrogens with zero attached hydrogens (tertiary/aromatic N) is 1. The van der Waals surface area contributed by atoms with Gasteiger partial charge in [0.05, 0.1) is 11.4 Å². The first kappa shape index (κ1) is 33.4. The van der Waals surface area contributed by atoms with Gasteiger partial charge in [-0.1, -0.05) is 27.7 Å². The molecule has 1 aromatic heterocycles. The van der Waals surface area contributed by atoms with Crippen LogP contribution in [0.15, 0.2) is 6.20 Å². The molecule has 31 heavy (non-hydrogen) atoms. The molecule has 0 aliphatic carbocycles. The van der Waals surface area contributed by atoms with Crippen LogP contribution < -0.4 is 5.73 Å². The van der Waals surface area contributed by atoms with E-state index in [2.05, 4.69) is 5.73 Å². The standard InChI is InChI=1S/C11H15NO4.C7H14O.C3H5ClO.CH5N/c1-6-5-12(4)8(7(6)9(13)14)11(2,3)10(15)16;1-5-6(8)7(2,3)4;1-3(5)2-4;1-2/h5H,1-4H3,(H,13,14)(H,15,16);5H2,1-4H3;2H2,1H3;2H2,1H3. The van der Waals surface area contributed by atoms with Crippen LogP contribution in [-0.4, -0.2) is 51.2 Å². The van der Waals surface area contributed by atoms with E-state index >= 15 is 0 Å². The Morgan fingerprint density at radius 1 is 1.06 bits per heavy atom. The molecule has 0 spiro atoms. The number of hydrogen-bond donors (Lipinski definition) is 3. The maximum Gasteiger partial charge on any atom is 0.337 e. The fraction of sp³-hybridized carbons (Fsp3) is 0.636. The molecular formula is C22H39ClN2O6. The van der Waals surface area contributed by atoms with Crippen molar-refractivity contribution < 1.29 is 29.4 Å². The van der Waals surface area contributed by atoms with E-state index in [-0.39, 0.29) is 22.6 Å². The third-order valence-corrected chi connectivity index (χ3v) is 4.43. The van der Waals surface area contributed by atoms with Gasteiger partial charge in [0.1, 0.15) is 17.0 Å². The second-order valence-corrected chi connectivity index (χ2v) is 8.51. The van der Waals surface area contributed by atoms with Crippen molar-refractivity contribution in [3.8, 4) is 0 Å². The first-order chi connectivity index (χ1) is 13.9. The Morgan fingerprint density at radius 2 is 1.45 bits per heavy atom. The number of carboxylic acids is 2. The van der Waals surface area contributed by atoms with Crippen LogP contribution in [0, 0.1) is 12.3 Å². The average molecular weight is 463 g/mol. The Kier molecular flexibility index (Phi) is 15.9. The molecule has 1 heterocycles. The van der Waals surface area contributed by atoms with Gasteiger partial charge in [-0.3, -0.25) is 14.4 Å². The molecule has 0 atom stereocenters. The van der Waals surface area contributed by atoms with Crippen molar-refractivity contribution in [1.29, 1.82) is 0 Å². The number of aromatic nitrogens is 1. The molecular weight excluding hydrogens is 424 g/mol. The highest BCUT2D eigenvalue weighted by atomic mass is 35.5. The summed E-state index contributed by atoms with van der Waals surface area (Å²) in [5.41, 5.74) is 4.10. The van der Waals surface area contributed by atoms with Gasteiger partial charge in [-0.2, -0.15) is 0 Å². The van der Waals surface area contributed by atoms with Gasteiger partial charge in [0.25, 0.3) is 0 Å². The molecule has 4 N–H and O–H groups in total. The van der Waals surface area contributed by atoms with Crippen LogP contribution in [0.25, 0.3) is 0 Å². The zero-order valence-corrected chi connectivity index (χ0v) is 21.2. The molecule has 0 aliphatic heterocycles. The van der Waals surface area contributed by atoms with E-state index in [1.165, 1.54) is 27.8 Å². The lowest BCUT2D eigenvalue weighted by Gasteiger charge is -2.21. The summed E-state index contributed by atoms with van der Waals surface area (Å²) in [6.07, 6.45) is 2.28. The van der Waals surface area contributed by atoms with Crippen LogP contribution in [0.2, 0.25) is 0 Å². The number of carbonyl (C=O) groups excluding carboxylic acids is 2. The lowest BCUT2D eigenvalue weighted by molar-refractivity contribution is -0.142. The minimum Gasteiger partial charge on any atom is -0.481 e. The summed E-state index contributed by atoms with van der Waals surface area (Å²) in [6, 6.07) is 0. The van der Waals surface area contributed by atoms with Crippen molar-refractivity contribution >= 4 is 35.1 Å². The molecule has 0 saturated carbocycles. The maximum absolute atomic E-state index is 11.2. The van der Waals surface area contributed by atoms with E-state index in [0.29, 0.717) is 23.5 Å². The van der Waals surface area contributed by atoms with Gasteiger partial charge in [-0.25, -0.2) is 4.79 Å². The van der Waals surface area contributed by atoms with Crippen molar-refractivity contribution in [2.45, 2.75) is 67.2 Å². The Hall–Kier alpha value is -2.19. The number of aryl methyl sites for hydroxylation is 2. The van der Waals surface area contributed by atoms with Crippen LogP contribution in [0.5, 0.6) is 0 Å². The second kappa shape index (κ2) is 14.8. The number of hydrogen-bond acceptors (Lipinski definition) is 5. The maximum atomic E-state index is 11.2. The number of alkyl halides is 1. The van der Waals surface area contributed by atoms with Crippen LogP contribution in [-0.2, 0) is 26.8 Å². The van der Waals surface area contributed by atoms with Crippen molar-refractivity contribution in [1.82, 2.24) is 4.57 Å². The summed E-state index contributed by atoms with van der Waals surface area (Å²) in [4.78, 5) is 42.8. The highest BCUT2D eigenvalue weighted by Crippen LogP contribution is 2.29. The van der Waals surface area contributed by atoms with Gasteiger partial charge >= 0.3 is 11.9 Å². The van der Waals surface area contributed by atoms with Gasteiger partial charge in [0.15, 0.2) is 0 Å². The zero-order chi connectivity index (χ0) is 25.7. The Morgan fingerprint density at radius 3 is 1.65 bits per heavy atom. The Bertz CT molecular complexity index is 746. The lowest BCUT2D eigenvalue weighted by Crippen LogP contribution is -2.32. The fourth-order valence-electron chi connectivity index (χ4n) is 2.44. The van der Waals surface area contributed by atoms with Gasteiger partial charge in [-0.05, 0) is 40.3 Å². The Labute approximate surface area is 190 Å². The number of nitrogens with two attached hydrogens (primary N) is 1. The molecule has 0 bridgehead atoms. The van der Waals surface area contributed by atoms with Gasteiger partial charge in [0.2, 0.25) is 0 Å². The molecule has 9 heteroatoms. The van der Waals surface area contributed by atoms with Crippen LogP contribution in [0.4, 0.5) is 0 Å². The predicted octanol–water partition coefficient (Wildman–Crippen LogP) is 3.79. The molecule has 0 aromatic carbocycles. The highest BCUT2D eigenvalue weighted by Gasteiger charge is 2.37. The predicted molar refractivity (Wildman–Crippen MR) is 124 cm³/mol. The minimum absolute atomic E-state index is 0.0201. The topological polar surface area (TPSA) is 140 Å². The molecule has 1 rings (SSSR count). The largest absolute Gasteiger partial charge is 0.481 e. The number of ketones is 2. The molecule has 0 radical (unpaired) electrons. The van der Waals surface area contributed by atoms with Crippen molar-refractivity contribution in [2.24, 2.45) is 18.2 Å². The third kappa shape index (κ3) is 11.7. The normalized spacial score (nSPS) is 10.3. The smallest absolute Gasteiger partial charge is 0.337 e. The van der Waals surface area contributed by atoms with Crippen LogP contribution in [0.3, 0.4) is 0 Å². The summed E-state index contributed by atoms with van der Waals surface area (Å²) < 4.78 is 1.56. The molecule has 0 aliphatic rings. The number of aliphatic carboxylic acids is 1. The number of carboxylic acid groups (broad SMARTS) is 2. The van der Waals surface area contributed by atoms with Crippen LogP contribution in [0.1, 0.15) is 76.5 Å². The van der Waals surface area contributed by atoms with E-state index in [9.17, 15) is 19.2 Å². The summed E-state index contributed by atoms with van der Waals surface area (Å²) >= 11 is 4.99.